The molecule has 0 fully saturated rings. The Morgan fingerprint density at radius 1 is 1.00 bits per heavy atom. The van der Waals surface area contributed by atoms with Crippen LogP contribution < -0.4 is 5.32 Å². The molecule has 1 atom stereocenters. The molecule has 2 aromatic rings. The van der Waals surface area contributed by atoms with Crippen LogP contribution in [0.4, 0.5) is 0 Å². The number of nitrogens with one attached hydrogen (secondary N) is 1. The van der Waals surface area contributed by atoms with E-state index in [0.717, 1.165) is 30.4 Å². The summed E-state index contributed by atoms with van der Waals surface area (Å²) in [4.78, 5) is 28.0. The fraction of sp³-hybridized carbons (Fsp3) is 0.417. The summed E-state index contributed by atoms with van der Waals surface area (Å²) in [6.45, 7) is 6.80. The quantitative estimate of drug-likeness (QED) is 0.531. The van der Waals surface area contributed by atoms with Gasteiger partial charge in [-0.25, -0.2) is 0 Å². The van der Waals surface area contributed by atoms with E-state index in [2.05, 4.69) is 12.2 Å². The van der Waals surface area contributed by atoms with E-state index < -0.39 is 6.04 Å². The van der Waals surface area contributed by atoms with Crippen molar-refractivity contribution in [3.05, 3.63) is 70.7 Å². The molecular weight excluding hydrogens is 384 g/mol. The van der Waals surface area contributed by atoms with Crippen molar-refractivity contribution in [2.75, 3.05) is 6.54 Å². The van der Waals surface area contributed by atoms with Gasteiger partial charge in [0.05, 0.1) is 0 Å². The zero-order valence-electron chi connectivity index (χ0n) is 17.5. The van der Waals surface area contributed by atoms with Gasteiger partial charge in [-0.1, -0.05) is 87.7 Å². The van der Waals surface area contributed by atoms with E-state index in [1.807, 2.05) is 56.3 Å². The Hall–Kier alpha value is -2.33. The van der Waals surface area contributed by atoms with Crippen LogP contribution in [0.3, 0.4) is 0 Å². The van der Waals surface area contributed by atoms with Gasteiger partial charge in [-0.2, -0.15) is 0 Å². The predicted molar refractivity (Wildman–Crippen MR) is 119 cm³/mol. The van der Waals surface area contributed by atoms with Crippen molar-refractivity contribution in [2.24, 2.45) is 5.92 Å². The number of rotatable bonds is 10. The Labute approximate surface area is 179 Å². The fourth-order valence-electron chi connectivity index (χ4n) is 3.21. The van der Waals surface area contributed by atoms with E-state index in [1.165, 1.54) is 0 Å². The minimum absolute atomic E-state index is 0.0579. The van der Waals surface area contributed by atoms with Gasteiger partial charge in [0.1, 0.15) is 6.04 Å². The summed E-state index contributed by atoms with van der Waals surface area (Å²) in [5.41, 5.74) is 1.74. The molecule has 29 heavy (non-hydrogen) atoms. The molecule has 2 amide bonds. The average molecular weight is 415 g/mol. The van der Waals surface area contributed by atoms with Gasteiger partial charge in [0.2, 0.25) is 11.8 Å². The van der Waals surface area contributed by atoms with Crippen LogP contribution >= 0.6 is 11.6 Å². The fourth-order valence-corrected chi connectivity index (χ4v) is 3.33. The standard InChI is InChI=1S/C24H31ClN2O2/c1-4-5-9-16-26-23(28)22(20-10-7-6-8-11-20)27(24(29)18(2)3)17-19-12-14-21(25)15-13-19/h6-8,10-15,18,22H,4-5,9,16-17H2,1-3H3,(H,26,28). The minimum atomic E-state index is -0.677. The topological polar surface area (TPSA) is 49.4 Å². The van der Waals surface area contributed by atoms with Crippen LogP contribution in [0.1, 0.15) is 57.2 Å². The number of carbonyl (C=O) groups is 2. The zero-order chi connectivity index (χ0) is 21.2. The van der Waals surface area contributed by atoms with Gasteiger partial charge in [0.25, 0.3) is 0 Å². The first-order valence-electron chi connectivity index (χ1n) is 10.3. The third-order valence-electron chi connectivity index (χ3n) is 4.80. The average Bonchev–Trinajstić information content (AvgIpc) is 2.72. The Morgan fingerprint density at radius 2 is 1.66 bits per heavy atom. The second kappa shape index (κ2) is 11.6. The molecule has 0 saturated carbocycles. The van der Waals surface area contributed by atoms with Gasteiger partial charge in [-0.05, 0) is 29.7 Å². The van der Waals surface area contributed by atoms with Crippen molar-refractivity contribution >= 4 is 23.4 Å². The Kier molecular flexibility index (Phi) is 9.20. The molecule has 1 N–H and O–H groups in total. The lowest BCUT2D eigenvalue weighted by Gasteiger charge is -2.33. The van der Waals surface area contributed by atoms with Crippen LogP contribution in [-0.4, -0.2) is 23.3 Å². The highest BCUT2D eigenvalue weighted by Crippen LogP contribution is 2.26. The number of hydrogen-bond donors (Lipinski definition) is 1. The van der Waals surface area contributed by atoms with Crippen molar-refractivity contribution in [3.63, 3.8) is 0 Å². The normalized spacial score (nSPS) is 11.9. The van der Waals surface area contributed by atoms with Crippen LogP contribution in [0.25, 0.3) is 0 Å². The monoisotopic (exact) mass is 414 g/mol. The van der Waals surface area contributed by atoms with Gasteiger partial charge in [0.15, 0.2) is 0 Å². The highest BCUT2D eigenvalue weighted by atomic mass is 35.5. The third-order valence-corrected chi connectivity index (χ3v) is 5.05. The van der Waals surface area contributed by atoms with Crippen LogP contribution in [-0.2, 0) is 16.1 Å². The first-order chi connectivity index (χ1) is 13.9. The number of halogens is 1. The first kappa shape index (κ1) is 23.0. The van der Waals surface area contributed by atoms with Crippen molar-refractivity contribution in [1.82, 2.24) is 10.2 Å². The second-order valence-corrected chi connectivity index (χ2v) is 8.00. The summed E-state index contributed by atoms with van der Waals surface area (Å²) in [5, 5.41) is 3.67. The lowest BCUT2D eigenvalue weighted by Crippen LogP contribution is -2.45. The summed E-state index contributed by atoms with van der Waals surface area (Å²) in [5.74, 6) is -0.422. The van der Waals surface area contributed by atoms with E-state index in [4.69, 9.17) is 11.6 Å². The number of unbranched alkanes of at least 4 members (excludes halogenated alkanes) is 2. The van der Waals surface area contributed by atoms with E-state index in [0.29, 0.717) is 18.1 Å². The maximum absolute atomic E-state index is 13.2. The molecule has 0 bridgehead atoms. The number of benzene rings is 2. The van der Waals surface area contributed by atoms with E-state index in [-0.39, 0.29) is 17.7 Å². The summed E-state index contributed by atoms with van der Waals surface area (Å²) >= 11 is 6.01. The summed E-state index contributed by atoms with van der Waals surface area (Å²) in [6.07, 6.45) is 3.08. The summed E-state index contributed by atoms with van der Waals surface area (Å²) in [6, 6.07) is 16.2. The van der Waals surface area contributed by atoms with Gasteiger partial charge < -0.3 is 10.2 Å². The molecule has 4 nitrogen and oxygen atoms in total. The molecule has 0 spiro atoms. The van der Waals surface area contributed by atoms with E-state index in [9.17, 15) is 9.59 Å². The van der Waals surface area contributed by atoms with Crippen molar-refractivity contribution < 1.29 is 9.59 Å². The van der Waals surface area contributed by atoms with Crippen LogP contribution in [0.2, 0.25) is 5.02 Å². The van der Waals surface area contributed by atoms with Crippen LogP contribution in [0.5, 0.6) is 0 Å². The largest absolute Gasteiger partial charge is 0.354 e. The zero-order valence-corrected chi connectivity index (χ0v) is 18.3. The molecule has 0 aliphatic carbocycles. The molecule has 2 aromatic carbocycles. The number of amides is 2. The van der Waals surface area contributed by atoms with Gasteiger partial charge >= 0.3 is 0 Å². The Bertz CT molecular complexity index is 775. The van der Waals surface area contributed by atoms with Crippen molar-refractivity contribution in [1.29, 1.82) is 0 Å². The molecule has 1 unspecified atom stereocenters. The van der Waals surface area contributed by atoms with Gasteiger partial charge in [0, 0.05) is 24.0 Å². The van der Waals surface area contributed by atoms with Crippen LogP contribution in [0, 0.1) is 5.92 Å². The highest BCUT2D eigenvalue weighted by molar-refractivity contribution is 6.30. The lowest BCUT2D eigenvalue weighted by atomic mass is 10.0. The molecule has 0 radical (unpaired) electrons. The molecule has 0 aliphatic rings. The summed E-state index contributed by atoms with van der Waals surface area (Å²) in [7, 11) is 0. The smallest absolute Gasteiger partial charge is 0.247 e. The highest BCUT2D eigenvalue weighted by Gasteiger charge is 2.32. The van der Waals surface area contributed by atoms with Crippen LogP contribution in [0.15, 0.2) is 54.6 Å². The summed E-state index contributed by atoms with van der Waals surface area (Å²) < 4.78 is 0. The Balaban J connectivity index is 2.35. The number of nitrogens with zero attached hydrogens (tertiary/aromatic N) is 1. The maximum Gasteiger partial charge on any atom is 0.247 e. The molecule has 0 aromatic heterocycles. The molecule has 156 valence electrons. The predicted octanol–water partition coefficient (Wildman–Crippen LogP) is 5.37. The third kappa shape index (κ3) is 6.90. The molecule has 0 aliphatic heterocycles. The number of carbonyl (C=O) groups excluding carboxylic acids is 2. The molecule has 0 heterocycles. The molecule has 0 saturated heterocycles. The van der Waals surface area contributed by atoms with E-state index in [1.54, 1.807) is 17.0 Å². The number of hydrogen-bond acceptors (Lipinski definition) is 2. The lowest BCUT2D eigenvalue weighted by molar-refractivity contribution is -0.144. The molecule has 5 heteroatoms. The second-order valence-electron chi connectivity index (χ2n) is 7.56. The van der Waals surface area contributed by atoms with Gasteiger partial charge in [-0.3, -0.25) is 9.59 Å². The van der Waals surface area contributed by atoms with Gasteiger partial charge in [-0.15, -0.1) is 0 Å². The Morgan fingerprint density at radius 3 is 2.24 bits per heavy atom. The van der Waals surface area contributed by atoms with Crippen molar-refractivity contribution in [3.8, 4) is 0 Å². The van der Waals surface area contributed by atoms with Crippen molar-refractivity contribution in [2.45, 2.75) is 52.6 Å². The minimum Gasteiger partial charge on any atom is -0.354 e. The maximum atomic E-state index is 13.2. The SMILES string of the molecule is CCCCCNC(=O)C(c1ccccc1)N(Cc1ccc(Cl)cc1)C(=O)C(C)C. The molecule has 2 rings (SSSR count). The van der Waals surface area contributed by atoms with E-state index >= 15 is 0 Å². The first-order valence-corrected chi connectivity index (χ1v) is 10.7. The molecular formula is C24H31ClN2O2.